The third-order valence-corrected chi connectivity index (χ3v) is 3.75. The molecule has 0 spiro atoms. The maximum atomic E-state index is 12.5. The molecule has 112 valence electrons. The average Bonchev–Trinajstić information content (AvgIpc) is 2.91. The van der Waals surface area contributed by atoms with Gasteiger partial charge in [-0.2, -0.15) is 0 Å². The molecule has 1 aliphatic carbocycles. The highest BCUT2D eigenvalue weighted by molar-refractivity contribution is 5.94. The van der Waals surface area contributed by atoms with Gasteiger partial charge < -0.3 is 15.7 Å². The molecule has 0 bridgehead atoms. The van der Waals surface area contributed by atoms with Gasteiger partial charge in [-0.05, 0) is 25.0 Å². The Kier molecular flexibility index (Phi) is 4.94. The molecule has 1 heterocycles. The van der Waals surface area contributed by atoms with Gasteiger partial charge in [0.25, 0.3) is 5.91 Å². The van der Waals surface area contributed by atoms with Gasteiger partial charge in [0.05, 0.1) is 17.7 Å². The van der Waals surface area contributed by atoms with Crippen molar-refractivity contribution < 1.29 is 9.90 Å². The van der Waals surface area contributed by atoms with E-state index in [1.807, 2.05) is 0 Å². The van der Waals surface area contributed by atoms with Crippen molar-refractivity contribution in [3.8, 4) is 11.8 Å². The lowest BCUT2D eigenvalue weighted by Crippen LogP contribution is -2.42. The Balaban J connectivity index is 2.15. The summed E-state index contributed by atoms with van der Waals surface area (Å²) in [5, 5.41) is 10.4. The fourth-order valence-electron chi connectivity index (χ4n) is 2.71. The molecule has 1 aromatic rings. The zero-order valence-electron chi connectivity index (χ0n) is 12.3. The Morgan fingerprint density at radius 2 is 2.24 bits per heavy atom. The second kappa shape index (κ2) is 6.70. The van der Waals surface area contributed by atoms with Gasteiger partial charge in [0.2, 0.25) is 0 Å². The van der Waals surface area contributed by atoms with E-state index in [0.29, 0.717) is 17.8 Å². The van der Waals surface area contributed by atoms with Crippen LogP contribution in [-0.2, 0) is 0 Å². The number of likely N-dealkylation sites (N-methyl/N-ethyl adjacent to an activating group) is 1. The summed E-state index contributed by atoms with van der Waals surface area (Å²) in [6, 6.07) is 3.49. The van der Waals surface area contributed by atoms with E-state index in [-0.39, 0.29) is 12.5 Å². The van der Waals surface area contributed by atoms with Gasteiger partial charge in [0.1, 0.15) is 5.69 Å². The highest BCUT2D eigenvalue weighted by atomic mass is 16.3. The summed E-state index contributed by atoms with van der Waals surface area (Å²) in [7, 11) is 1.69. The SMILES string of the molecule is CN(CC1(O)CCCC1)C(=O)c1ncccc1C#CCN. The standard InChI is InChI=1S/C16H21N3O2/c1-19(12-16(21)8-2-3-9-16)15(20)14-13(6-4-10-17)7-5-11-18-14/h5,7,11,21H,2-3,8-10,12,17H2,1H3. The number of hydrogen-bond acceptors (Lipinski definition) is 4. The number of nitrogens with zero attached hydrogens (tertiary/aromatic N) is 2. The molecular weight excluding hydrogens is 266 g/mol. The number of hydrogen-bond donors (Lipinski definition) is 2. The molecule has 1 saturated carbocycles. The number of pyridine rings is 1. The number of aromatic nitrogens is 1. The molecular formula is C16H21N3O2. The van der Waals surface area contributed by atoms with Crippen molar-refractivity contribution in [3.63, 3.8) is 0 Å². The van der Waals surface area contributed by atoms with E-state index in [4.69, 9.17) is 5.73 Å². The minimum absolute atomic E-state index is 0.225. The van der Waals surface area contributed by atoms with Crippen LogP contribution in [0.3, 0.4) is 0 Å². The first-order valence-corrected chi connectivity index (χ1v) is 7.17. The summed E-state index contributed by atoms with van der Waals surface area (Å²) >= 11 is 0. The van der Waals surface area contributed by atoms with Crippen LogP contribution in [0.1, 0.15) is 41.7 Å². The van der Waals surface area contributed by atoms with Crippen LogP contribution in [0.4, 0.5) is 0 Å². The van der Waals surface area contributed by atoms with Crippen molar-refractivity contribution in [2.75, 3.05) is 20.1 Å². The Bertz CT molecular complexity index is 568. The summed E-state index contributed by atoms with van der Waals surface area (Å²) in [4.78, 5) is 18.2. The molecule has 0 radical (unpaired) electrons. The first-order chi connectivity index (χ1) is 10.1. The molecule has 1 fully saturated rings. The molecule has 1 amide bonds. The van der Waals surface area contributed by atoms with Gasteiger partial charge in [-0.1, -0.05) is 24.7 Å². The van der Waals surface area contributed by atoms with E-state index in [1.54, 1.807) is 25.4 Å². The molecule has 0 atom stereocenters. The largest absolute Gasteiger partial charge is 0.388 e. The smallest absolute Gasteiger partial charge is 0.273 e. The van der Waals surface area contributed by atoms with Crippen LogP contribution in [0, 0.1) is 11.8 Å². The van der Waals surface area contributed by atoms with Gasteiger partial charge >= 0.3 is 0 Å². The van der Waals surface area contributed by atoms with Crippen molar-refractivity contribution in [1.29, 1.82) is 0 Å². The fourth-order valence-corrected chi connectivity index (χ4v) is 2.71. The highest BCUT2D eigenvalue weighted by Crippen LogP contribution is 2.30. The fraction of sp³-hybridized carbons (Fsp3) is 0.500. The predicted octanol–water partition coefficient (Wildman–Crippen LogP) is 0.769. The van der Waals surface area contributed by atoms with E-state index < -0.39 is 5.60 Å². The number of aliphatic hydroxyl groups is 1. The van der Waals surface area contributed by atoms with Gasteiger partial charge in [-0.25, -0.2) is 4.98 Å². The molecule has 0 unspecified atom stereocenters. The molecule has 1 aromatic heterocycles. The number of carbonyl (C=O) groups is 1. The highest BCUT2D eigenvalue weighted by Gasteiger charge is 2.34. The number of amides is 1. The lowest BCUT2D eigenvalue weighted by Gasteiger charge is -2.28. The Morgan fingerprint density at radius 1 is 1.52 bits per heavy atom. The van der Waals surface area contributed by atoms with Crippen LogP contribution in [0.5, 0.6) is 0 Å². The second-order valence-corrected chi connectivity index (χ2v) is 5.50. The van der Waals surface area contributed by atoms with Crippen molar-refractivity contribution in [2.24, 2.45) is 5.73 Å². The first-order valence-electron chi connectivity index (χ1n) is 7.17. The first kappa shape index (κ1) is 15.5. The topological polar surface area (TPSA) is 79.5 Å². The summed E-state index contributed by atoms with van der Waals surface area (Å²) in [6.07, 6.45) is 5.07. The van der Waals surface area contributed by atoms with Crippen molar-refractivity contribution in [1.82, 2.24) is 9.88 Å². The summed E-state index contributed by atoms with van der Waals surface area (Å²) in [6.45, 7) is 0.560. The maximum absolute atomic E-state index is 12.5. The van der Waals surface area contributed by atoms with Crippen LogP contribution in [0.25, 0.3) is 0 Å². The quantitative estimate of drug-likeness (QED) is 0.805. The van der Waals surface area contributed by atoms with Crippen LogP contribution in [0.2, 0.25) is 0 Å². The van der Waals surface area contributed by atoms with Crippen LogP contribution < -0.4 is 5.73 Å². The summed E-state index contributed by atoms with van der Waals surface area (Å²) in [5.74, 6) is 5.38. The third kappa shape index (κ3) is 3.81. The van der Waals surface area contributed by atoms with Crippen LogP contribution in [0.15, 0.2) is 18.3 Å². The molecule has 2 rings (SSSR count). The molecule has 1 aliphatic rings. The predicted molar refractivity (Wildman–Crippen MR) is 80.5 cm³/mol. The van der Waals surface area contributed by atoms with Crippen molar-refractivity contribution in [2.45, 2.75) is 31.3 Å². The zero-order chi connectivity index (χ0) is 15.3. The second-order valence-electron chi connectivity index (χ2n) is 5.50. The lowest BCUT2D eigenvalue weighted by molar-refractivity contribution is 0.0154. The number of carbonyl (C=O) groups excluding carboxylic acids is 1. The number of nitrogens with two attached hydrogens (primary N) is 1. The normalized spacial score (nSPS) is 16.1. The Morgan fingerprint density at radius 3 is 2.90 bits per heavy atom. The monoisotopic (exact) mass is 287 g/mol. The molecule has 0 aromatic carbocycles. The van der Waals surface area contributed by atoms with E-state index in [9.17, 15) is 9.90 Å². The van der Waals surface area contributed by atoms with Gasteiger partial charge in [0.15, 0.2) is 0 Å². The Hall–Kier alpha value is -1.90. The zero-order valence-corrected chi connectivity index (χ0v) is 12.3. The molecule has 5 nitrogen and oxygen atoms in total. The van der Waals surface area contributed by atoms with E-state index in [1.165, 1.54) is 4.90 Å². The maximum Gasteiger partial charge on any atom is 0.273 e. The lowest BCUT2D eigenvalue weighted by atomic mass is 10.0. The van der Waals surface area contributed by atoms with Crippen LogP contribution in [-0.4, -0.2) is 46.6 Å². The van der Waals surface area contributed by atoms with Crippen LogP contribution >= 0.6 is 0 Å². The Labute approximate surface area is 125 Å². The van der Waals surface area contributed by atoms with E-state index in [2.05, 4.69) is 16.8 Å². The van der Waals surface area contributed by atoms with E-state index >= 15 is 0 Å². The molecule has 5 heteroatoms. The third-order valence-electron chi connectivity index (χ3n) is 3.75. The van der Waals surface area contributed by atoms with Crippen molar-refractivity contribution >= 4 is 5.91 Å². The van der Waals surface area contributed by atoms with E-state index in [0.717, 1.165) is 25.7 Å². The van der Waals surface area contributed by atoms with Gasteiger partial charge in [-0.3, -0.25) is 4.79 Å². The number of rotatable bonds is 3. The summed E-state index contributed by atoms with van der Waals surface area (Å²) in [5.41, 5.74) is 5.48. The molecule has 21 heavy (non-hydrogen) atoms. The molecule has 3 N–H and O–H groups in total. The summed E-state index contributed by atoms with van der Waals surface area (Å²) < 4.78 is 0. The molecule has 0 aliphatic heterocycles. The van der Waals surface area contributed by atoms with Gasteiger partial charge in [-0.15, -0.1) is 0 Å². The molecule has 0 saturated heterocycles. The average molecular weight is 287 g/mol. The minimum atomic E-state index is -0.762. The van der Waals surface area contributed by atoms with Gasteiger partial charge in [0, 0.05) is 19.8 Å². The van der Waals surface area contributed by atoms with Crippen molar-refractivity contribution in [3.05, 3.63) is 29.6 Å². The minimum Gasteiger partial charge on any atom is -0.388 e.